The summed E-state index contributed by atoms with van der Waals surface area (Å²) in [5, 5.41) is 3.61. The standard InChI is InChI=1S/C22H21N3O4/c1-13-6-7-25-12-15(24-20(25)8-13)11-23-21(26)10-18-14(2)17-5-4-16(28-3)9-19(17)29-22(18)27/h4-9,12H,10-11H2,1-3H3,(H,23,26). The summed E-state index contributed by atoms with van der Waals surface area (Å²) in [6.07, 6.45) is 3.75. The third-order valence-electron chi connectivity index (χ3n) is 4.96. The van der Waals surface area contributed by atoms with Crippen LogP contribution in [0.3, 0.4) is 0 Å². The van der Waals surface area contributed by atoms with Gasteiger partial charge in [0.2, 0.25) is 5.91 Å². The van der Waals surface area contributed by atoms with E-state index in [0.717, 1.165) is 27.9 Å². The Morgan fingerprint density at radius 1 is 1.24 bits per heavy atom. The van der Waals surface area contributed by atoms with Gasteiger partial charge in [0.25, 0.3) is 0 Å². The first-order valence-corrected chi connectivity index (χ1v) is 9.26. The Balaban J connectivity index is 1.51. The van der Waals surface area contributed by atoms with Crippen LogP contribution < -0.4 is 15.7 Å². The molecule has 0 radical (unpaired) electrons. The predicted octanol–water partition coefficient (Wildman–Crippen LogP) is 2.93. The highest BCUT2D eigenvalue weighted by atomic mass is 16.5. The quantitative estimate of drug-likeness (QED) is 0.529. The van der Waals surface area contributed by atoms with Gasteiger partial charge in [-0.25, -0.2) is 9.78 Å². The van der Waals surface area contributed by atoms with E-state index in [4.69, 9.17) is 9.15 Å². The van der Waals surface area contributed by atoms with E-state index in [2.05, 4.69) is 10.3 Å². The number of carbonyl (C=O) groups is 1. The van der Waals surface area contributed by atoms with Crippen molar-refractivity contribution in [3.05, 3.63) is 75.5 Å². The number of imidazole rings is 1. The molecule has 1 N–H and O–H groups in total. The number of aromatic nitrogens is 2. The summed E-state index contributed by atoms with van der Waals surface area (Å²) >= 11 is 0. The zero-order valence-corrected chi connectivity index (χ0v) is 16.5. The molecule has 0 atom stereocenters. The number of nitrogens with zero attached hydrogens (tertiary/aromatic N) is 2. The van der Waals surface area contributed by atoms with Crippen LogP contribution in [0.15, 0.2) is 51.9 Å². The van der Waals surface area contributed by atoms with Crippen LogP contribution in [-0.4, -0.2) is 22.4 Å². The van der Waals surface area contributed by atoms with E-state index in [0.29, 0.717) is 16.9 Å². The van der Waals surface area contributed by atoms with Crippen LogP contribution in [0.5, 0.6) is 5.75 Å². The molecule has 4 aromatic rings. The third kappa shape index (κ3) is 3.71. The number of fused-ring (bicyclic) bond motifs is 2. The Labute approximate surface area is 166 Å². The zero-order valence-electron chi connectivity index (χ0n) is 16.5. The molecule has 0 aliphatic rings. The molecule has 0 saturated carbocycles. The fourth-order valence-corrected chi connectivity index (χ4v) is 3.34. The molecule has 0 bridgehead atoms. The Bertz CT molecular complexity index is 1290. The molecule has 7 nitrogen and oxygen atoms in total. The highest BCUT2D eigenvalue weighted by molar-refractivity contribution is 5.85. The molecule has 0 aliphatic carbocycles. The van der Waals surface area contributed by atoms with Gasteiger partial charge in [0.1, 0.15) is 17.0 Å². The van der Waals surface area contributed by atoms with Crippen LogP contribution in [0, 0.1) is 13.8 Å². The Hall–Kier alpha value is -3.61. The molecule has 148 valence electrons. The van der Waals surface area contributed by atoms with Crippen molar-refractivity contribution < 1.29 is 13.9 Å². The summed E-state index contributed by atoms with van der Waals surface area (Å²) in [5.74, 6) is 0.342. The zero-order chi connectivity index (χ0) is 20.5. The minimum Gasteiger partial charge on any atom is -0.497 e. The van der Waals surface area contributed by atoms with Crippen molar-refractivity contribution in [2.75, 3.05) is 7.11 Å². The van der Waals surface area contributed by atoms with Crippen molar-refractivity contribution in [3.63, 3.8) is 0 Å². The lowest BCUT2D eigenvalue weighted by molar-refractivity contribution is -0.120. The molecule has 0 aliphatic heterocycles. The normalized spacial score (nSPS) is 11.1. The number of pyridine rings is 1. The first-order valence-electron chi connectivity index (χ1n) is 9.26. The maximum atomic E-state index is 12.4. The van der Waals surface area contributed by atoms with E-state index in [1.54, 1.807) is 19.2 Å². The summed E-state index contributed by atoms with van der Waals surface area (Å²) in [5.41, 5.74) is 3.71. The van der Waals surface area contributed by atoms with Gasteiger partial charge in [-0.2, -0.15) is 0 Å². The van der Waals surface area contributed by atoms with Crippen LogP contribution in [0.4, 0.5) is 0 Å². The predicted molar refractivity (Wildman–Crippen MR) is 109 cm³/mol. The van der Waals surface area contributed by atoms with Gasteiger partial charge in [-0.15, -0.1) is 0 Å². The third-order valence-corrected chi connectivity index (χ3v) is 4.96. The molecule has 29 heavy (non-hydrogen) atoms. The summed E-state index contributed by atoms with van der Waals surface area (Å²) in [7, 11) is 1.55. The van der Waals surface area contributed by atoms with Gasteiger partial charge < -0.3 is 18.9 Å². The molecule has 3 heterocycles. The second-order valence-electron chi connectivity index (χ2n) is 7.01. The summed E-state index contributed by atoms with van der Waals surface area (Å²) in [4.78, 5) is 29.4. The topological polar surface area (TPSA) is 85.8 Å². The molecule has 1 amide bonds. The maximum Gasteiger partial charge on any atom is 0.340 e. The second kappa shape index (κ2) is 7.43. The minimum atomic E-state index is -0.512. The molecule has 0 spiro atoms. The molecule has 0 unspecified atom stereocenters. The number of aryl methyl sites for hydroxylation is 2. The molecule has 0 saturated heterocycles. The van der Waals surface area contributed by atoms with Crippen molar-refractivity contribution in [2.24, 2.45) is 0 Å². The van der Waals surface area contributed by atoms with Gasteiger partial charge in [-0.05, 0) is 49.2 Å². The van der Waals surface area contributed by atoms with Gasteiger partial charge in [0.05, 0.1) is 31.3 Å². The van der Waals surface area contributed by atoms with Crippen molar-refractivity contribution in [1.29, 1.82) is 0 Å². The highest BCUT2D eigenvalue weighted by Crippen LogP contribution is 2.24. The highest BCUT2D eigenvalue weighted by Gasteiger charge is 2.15. The van der Waals surface area contributed by atoms with Gasteiger partial charge in [-0.3, -0.25) is 4.79 Å². The molecule has 3 aromatic heterocycles. The van der Waals surface area contributed by atoms with Crippen molar-refractivity contribution >= 4 is 22.5 Å². The monoisotopic (exact) mass is 391 g/mol. The lowest BCUT2D eigenvalue weighted by Gasteiger charge is -2.09. The van der Waals surface area contributed by atoms with E-state index < -0.39 is 5.63 Å². The molecule has 4 rings (SSSR count). The van der Waals surface area contributed by atoms with Crippen LogP contribution in [0.1, 0.15) is 22.4 Å². The summed E-state index contributed by atoms with van der Waals surface area (Å²) < 4.78 is 12.5. The van der Waals surface area contributed by atoms with Crippen LogP contribution in [0.2, 0.25) is 0 Å². The molecule has 1 aromatic carbocycles. The number of carbonyl (C=O) groups excluding carboxylic acids is 1. The van der Waals surface area contributed by atoms with Gasteiger partial charge in [-0.1, -0.05) is 0 Å². The molecular weight excluding hydrogens is 370 g/mol. The Morgan fingerprint density at radius 2 is 2.07 bits per heavy atom. The van der Waals surface area contributed by atoms with Crippen LogP contribution in [-0.2, 0) is 17.8 Å². The number of methoxy groups -OCH3 is 1. The van der Waals surface area contributed by atoms with E-state index in [9.17, 15) is 9.59 Å². The molecular formula is C22H21N3O4. The Morgan fingerprint density at radius 3 is 2.86 bits per heavy atom. The fourth-order valence-electron chi connectivity index (χ4n) is 3.34. The molecule has 7 heteroatoms. The van der Waals surface area contributed by atoms with Crippen LogP contribution in [0.25, 0.3) is 16.6 Å². The average molecular weight is 391 g/mol. The summed E-state index contributed by atoms with van der Waals surface area (Å²) in [6, 6.07) is 9.26. The fraction of sp³-hybridized carbons (Fsp3) is 0.227. The van der Waals surface area contributed by atoms with E-state index in [-0.39, 0.29) is 18.9 Å². The lowest BCUT2D eigenvalue weighted by atomic mass is 10.0. The average Bonchev–Trinajstić information content (AvgIpc) is 3.11. The number of hydrogen-bond acceptors (Lipinski definition) is 5. The van der Waals surface area contributed by atoms with E-state index in [1.807, 2.05) is 48.8 Å². The van der Waals surface area contributed by atoms with Gasteiger partial charge in [0.15, 0.2) is 0 Å². The smallest absolute Gasteiger partial charge is 0.340 e. The van der Waals surface area contributed by atoms with Crippen LogP contribution >= 0.6 is 0 Å². The Kier molecular flexibility index (Phi) is 4.80. The largest absolute Gasteiger partial charge is 0.497 e. The number of nitrogens with one attached hydrogen (secondary N) is 1. The van der Waals surface area contributed by atoms with Crippen molar-refractivity contribution in [3.8, 4) is 5.75 Å². The first-order chi connectivity index (χ1) is 13.9. The first kappa shape index (κ1) is 18.7. The second-order valence-corrected chi connectivity index (χ2v) is 7.01. The minimum absolute atomic E-state index is 0.0530. The SMILES string of the molecule is COc1ccc2c(C)c(CC(=O)NCc3cn4ccc(C)cc4n3)c(=O)oc2c1. The number of benzene rings is 1. The van der Waals surface area contributed by atoms with E-state index >= 15 is 0 Å². The number of amides is 1. The van der Waals surface area contributed by atoms with Gasteiger partial charge >= 0.3 is 5.63 Å². The lowest BCUT2D eigenvalue weighted by Crippen LogP contribution is -2.27. The molecule has 0 fully saturated rings. The van der Waals surface area contributed by atoms with Crippen molar-refractivity contribution in [1.82, 2.24) is 14.7 Å². The maximum absolute atomic E-state index is 12.4. The number of rotatable bonds is 5. The van der Waals surface area contributed by atoms with Crippen molar-refractivity contribution in [2.45, 2.75) is 26.8 Å². The number of hydrogen-bond donors (Lipinski definition) is 1. The van der Waals surface area contributed by atoms with Gasteiger partial charge in [0, 0.05) is 23.8 Å². The number of ether oxygens (including phenoxy) is 1. The van der Waals surface area contributed by atoms with E-state index in [1.165, 1.54) is 0 Å². The summed E-state index contributed by atoms with van der Waals surface area (Å²) in [6.45, 7) is 4.11.